The van der Waals surface area contributed by atoms with E-state index < -0.39 is 6.36 Å². The number of anilines is 2. The minimum Gasteiger partial charge on any atom is -0.406 e. The highest BCUT2D eigenvalue weighted by atomic mass is 19.4. The molecule has 11 heteroatoms. The highest BCUT2D eigenvalue weighted by Gasteiger charge is 2.36. The van der Waals surface area contributed by atoms with Crippen molar-refractivity contribution < 1.29 is 22.7 Å². The number of hydrogen-bond donors (Lipinski definition) is 1. The maximum absolute atomic E-state index is 12.5. The number of ether oxygens (including phenoxy) is 1. The number of hydrogen-bond acceptors (Lipinski definition) is 7. The summed E-state index contributed by atoms with van der Waals surface area (Å²) >= 11 is 0. The molecule has 2 unspecified atom stereocenters. The van der Waals surface area contributed by atoms with Crippen LogP contribution in [0.15, 0.2) is 42.7 Å². The summed E-state index contributed by atoms with van der Waals surface area (Å²) in [7, 11) is 2.10. The first kappa shape index (κ1) is 25.1. The van der Waals surface area contributed by atoms with E-state index in [4.69, 9.17) is 0 Å². The van der Waals surface area contributed by atoms with Crippen LogP contribution in [-0.2, 0) is 4.79 Å². The summed E-state index contributed by atoms with van der Waals surface area (Å²) in [4.78, 5) is 25.4. The van der Waals surface area contributed by atoms with Crippen molar-refractivity contribution in [3.8, 4) is 5.75 Å². The Morgan fingerprint density at radius 1 is 1.11 bits per heavy atom. The van der Waals surface area contributed by atoms with Gasteiger partial charge in [0.15, 0.2) is 0 Å². The Balaban J connectivity index is 1.56. The van der Waals surface area contributed by atoms with Gasteiger partial charge in [0.05, 0.1) is 18.6 Å². The van der Waals surface area contributed by atoms with Crippen molar-refractivity contribution in [2.45, 2.75) is 32.4 Å². The first-order valence-electron chi connectivity index (χ1n) is 11.6. The van der Waals surface area contributed by atoms with Crippen molar-refractivity contribution in [3.63, 3.8) is 0 Å². The summed E-state index contributed by atoms with van der Waals surface area (Å²) in [5.74, 6) is -0.398. The molecule has 2 atom stereocenters. The van der Waals surface area contributed by atoms with Gasteiger partial charge in [-0.05, 0) is 44.3 Å². The Labute approximate surface area is 203 Å². The van der Waals surface area contributed by atoms with Gasteiger partial charge in [-0.15, -0.1) is 13.2 Å². The van der Waals surface area contributed by atoms with E-state index in [1.807, 2.05) is 12.3 Å². The van der Waals surface area contributed by atoms with Crippen molar-refractivity contribution in [2.75, 3.05) is 56.2 Å². The molecule has 1 amide bonds. The van der Waals surface area contributed by atoms with Gasteiger partial charge in [0.25, 0.3) is 0 Å². The largest absolute Gasteiger partial charge is 0.573 e. The average molecular weight is 493 g/mol. The van der Waals surface area contributed by atoms with Gasteiger partial charge in [-0.3, -0.25) is 14.7 Å². The molecule has 1 N–H and O–H groups in total. The number of alkyl halides is 3. The molecule has 35 heavy (non-hydrogen) atoms. The van der Waals surface area contributed by atoms with Gasteiger partial charge in [0.2, 0.25) is 5.91 Å². The fourth-order valence-corrected chi connectivity index (χ4v) is 4.67. The third-order valence-electron chi connectivity index (χ3n) is 6.46. The maximum atomic E-state index is 12.5. The molecule has 2 aromatic rings. The second kappa shape index (κ2) is 10.3. The van der Waals surface area contributed by atoms with Crippen molar-refractivity contribution in [3.05, 3.63) is 48.3 Å². The number of likely N-dealkylation sites (N-methyl/N-ethyl adjacent to an activating group) is 1. The summed E-state index contributed by atoms with van der Waals surface area (Å²) in [5, 5.41) is 3.11. The summed E-state index contributed by atoms with van der Waals surface area (Å²) < 4.78 is 41.5. The van der Waals surface area contributed by atoms with Gasteiger partial charge in [-0.2, -0.15) is 0 Å². The van der Waals surface area contributed by atoms with Gasteiger partial charge in [0, 0.05) is 63.1 Å². The maximum Gasteiger partial charge on any atom is 0.573 e. The Hall–Kier alpha value is -3.05. The Kier molecular flexibility index (Phi) is 7.36. The van der Waals surface area contributed by atoms with E-state index in [-0.39, 0.29) is 23.9 Å². The highest BCUT2D eigenvalue weighted by Crippen LogP contribution is 2.34. The van der Waals surface area contributed by atoms with Crippen LogP contribution in [0, 0.1) is 0 Å². The van der Waals surface area contributed by atoms with E-state index in [1.54, 1.807) is 18.3 Å². The van der Waals surface area contributed by atoms with E-state index in [9.17, 15) is 18.0 Å². The van der Waals surface area contributed by atoms with Crippen LogP contribution in [0.5, 0.6) is 5.75 Å². The predicted molar refractivity (Wildman–Crippen MR) is 127 cm³/mol. The fraction of sp³-hybridized carbons (Fsp3) is 0.500. The molecule has 4 rings (SSSR count). The number of carbonyl (C=O) groups is 1. The van der Waals surface area contributed by atoms with Crippen LogP contribution in [0.1, 0.15) is 25.6 Å². The van der Waals surface area contributed by atoms with E-state index in [1.165, 1.54) is 19.1 Å². The van der Waals surface area contributed by atoms with Crippen molar-refractivity contribution in [1.29, 1.82) is 0 Å². The zero-order valence-electron chi connectivity index (χ0n) is 20.1. The molecular formula is C24H31F3N6O2. The van der Waals surface area contributed by atoms with Crippen LogP contribution in [0.25, 0.3) is 0 Å². The lowest BCUT2D eigenvalue weighted by molar-refractivity contribution is -0.274. The van der Waals surface area contributed by atoms with Crippen LogP contribution >= 0.6 is 0 Å². The van der Waals surface area contributed by atoms with Gasteiger partial charge in [0.1, 0.15) is 11.9 Å². The minimum absolute atomic E-state index is 0.0754. The number of halogens is 3. The van der Waals surface area contributed by atoms with Crippen molar-refractivity contribution in [1.82, 2.24) is 20.1 Å². The molecule has 0 saturated carbocycles. The first-order chi connectivity index (χ1) is 16.6. The average Bonchev–Trinajstić information content (AvgIpc) is 3.19. The second-order valence-electron chi connectivity index (χ2n) is 9.10. The van der Waals surface area contributed by atoms with Gasteiger partial charge in [-0.25, -0.2) is 0 Å². The third-order valence-corrected chi connectivity index (χ3v) is 6.46. The standard InChI is InChI=1S/C24H31F3N6O2/c1-17-15-32(19-4-6-20(7-5-19)35-24(25,26)27)16-33(17)23(29-18(2)34)21-8-9-28-14-22(21)31-12-10-30(3)11-13-31/h4-9,14,17,23H,10-13,15-16H2,1-3H3,(H,29,34). The highest BCUT2D eigenvalue weighted by molar-refractivity contribution is 5.74. The zero-order chi connectivity index (χ0) is 25.2. The van der Waals surface area contributed by atoms with E-state index in [0.717, 1.165) is 43.1 Å². The number of carbonyl (C=O) groups excluding carboxylic acids is 1. The van der Waals surface area contributed by atoms with Gasteiger partial charge in [-0.1, -0.05) is 0 Å². The number of aromatic nitrogens is 1. The quantitative estimate of drug-likeness (QED) is 0.665. The molecule has 2 saturated heterocycles. The summed E-state index contributed by atoms with van der Waals surface area (Å²) in [5.41, 5.74) is 2.76. The Morgan fingerprint density at radius 2 is 1.80 bits per heavy atom. The van der Waals surface area contributed by atoms with E-state index >= 15 is 0 Å². The van der Waals surface area contributed by atoms with Crippen LogP contribution in [0.2, 0.25) is 0 Å². The second-order valence-corrected chi connectivity index (χ2v) is 9.10. The number of nitrogens with one attached hydrogen (secondary N) is 1. The number of nitrogens with zero attached hydrogens (tertiary/aromatic N) is 5. The molecule has 2 aliphatic heterocycles. The molecule has 1 aromatic heterocycles. The topological polar surface area (TPSA) is 64.2 Å². The Morgan fingerprint density at radius 3 is 2.43 bits per heavy atom. The smallest absolute Gasteiger partial charge is 0.406 e. The van der Waals surface area contributed by atoms with E-state index in [2.05, 4.69) is 48.6 Å². The van der Waals surface area contributed by atoms with Crippen LogP contribution in [0.4, 0.5) is 24.5 Å². The molecule has 2 aliphatic rings. The van der Waals surface area contributed by atoms with Gasteiger partial charge < -0.3 is 24.8 Å². The molecule has 0 aliphatic carbocycles. The molecule has 190 valence electrons. The summed E-state index contributed by atoms with van der Waals surface area (Å²) in [6.07, 6.45) is -1.51. The van der Waals surface area contributed by atoms with Crippen LogP contribution in [-0.4, -0.2) is 79.5 Å². The molecule has 3 heterocycles. The number of amides is 1. The number of rotatable bonds is 6. The lowest BCUT2D eigenvalue weighted by Crippen LogP contribution is -2.47. The molecule has 0 spiro atoms. The fourth-order valence-electron chi connectivity index (χ4n) is 4.67. The Bertz CT molecular complexity index is 1010. The van der Waals surface area contributed by atoms with Crippen molar-refractivity contribution >= 4 is 17.3 Å². The summed E-state index contributed by atoms with van der Waals surface area (Å²) in [6.45, 7) is 8.36. The monoisotopic (exact) mass is 492 g/mol. The zero-order valence-corrected chi connectivity index (χ0v) is 20.1. The van der Waals surface area contributed by atoms with Gasteiger partial charge >= 0.3 is 6.36 Å². The number of pyridine rings is 1. The number of piperazine rings is 1. The van der Waals surface area contributed by atoms with Crippen molar-refractivity contribution in [2.24, 2.45) is 0 Å². The molecule has 2 fully saturated rings. The molecule has 0 bridgehead atoms. The molecule has 1 aromatic carbocycles. The molecular weight excluding hydrogens is 461 g/mol. The van der Waals surface area contributed by atoms with Crippen LogP contribution < -0.4 is 19.9 Å². The van der Waals surface area contributed by atoms with E-state index in [0.29, 0.717) is 13.2 Å². The third kappa shape index (κ3) is 6.15. The van der Waals surface area contributed by atoms with Crippen LogP contribution in [0.3, 0.4) is 0 Å². The lowest BCUT2D eigenvalue weighted by Gasteiger charge is -2.38. The molecule has 0 radical (unpaired) electrons. The lowest BCUT2D eigenvalue weighted by atomic mass is 10.1. The first-order valence-corrected chi connectivity index (χ1v) is 11.6. The SMILES string of the molecule is CC(=O)NC(c1ccncc1N1CCN(C)CC1)N1CN(c2ccc(OC(F)(F)F)cc2)CC1C. The predicted octanol–water partition coefficient (Wildman–Crippen LogP) is 3.03. The molecule has 8 nitrogen and oxygen atoms in total. The minimum atomic E-state index is -4.72. The normalized spacial score (nSPS) is 20.7. The summed E-state index contributed by atoms with van der Waals surface area (Å²) in [6, 6.07) is 7.89. The number of benzene rings is 1.